The molecule has 12 heteroatoms. The molecular formula is C17H14BrCl2N3O5S. The Labute approximate surface area is 185 Å². The fraction of sp³-hybridized carbons (Fsp3) is 0.176. The third-order valence-electron chi connectivity index (χ3n) is 3.77. The lowest BCUT2D eigenvalue weighted by molar-refractivity contribution is -0.119. The zero-order chi connectivity index (χ0) is 21.2. The van der Waals surface area contributed by atoms with E-state index in [4.69, 9.17) is 32.7 Å². The van der Waals surface area contributed by atoms with Crippen LogP contribution in [0.5, 0.6) is 11.5 Å². The molecule has 1 heterocycles. The van der Waals surface area contributed by atoms with E-state index in [2.05, 4.69) is 26.5 Å². The highest BCUT2D eigenvalue weighted by Crippen LogP contribution is 2.36. The van der Waals surface area contributed by atoms with Gasteiger partial charge in [-0.25, -0.2) is 13.8 Å². The summed E-state index contributed by atoms with van der Waals surface area (Å²) < 4.78 is 36.4. The van der Waals surface area contributed by atoms with Gasteiger partial charge in [0.25, 0.3) is 5.91 Å². The Kier molecular flexibility index (Phi) is 6.57. The smallest absolute Gasteiger partial charge is 0.260 e. The third-order valence-corrected chi connectivity index (χ3v) is 6.39. The number of sulfonamides is 1. The molecule has 1 aliphatic heterocycles. The summed E-state index contributed by atoms with van der Waals surface area (Å²) in [6.07, 6.45) is 2.35. The van der Waals surface area contributed by atoms with Crippen molar-refractivity contribution in [1.82, 2.24) is 5.43 Å². The summed E-state index contributed by atoms with van der Waals surface area (Å²) in [5, 5.41) is 4.06. The van der Waals surface area contributed by atoms with Gasteiger partial charge in [-0.15, -0.1) is 0 Å². The predicted molar refractivity (Wildman–Crippen MR) is 115 cm³/mol. The van der Waals surface area contributed by atoms with Gasteiger partial charge in [-0.1, -0.05) is 29.3 Å². The Balaban J connectivity index is 1.73. The molecule has 0 spiro atoms. The van der Waals surface area contributed by atoms with Crippen molar-refractivity contribution in [2.75, 3.05) is 23.9 Å². The van der Waals surface area contributed by atoms with Crippen LogP contribution in [-0.4, -0.2) is 40.1 Å². The minimum absolute atomic E-state index is 0.0279. The molecule has 2 aromatic carbocycles. The number of hydrogen-bond donors (Lipinski definition) is 1. The first kappa shape index (κ1) is 21.7. The van der Waals surface area contributed by atoms with Crippen LogP contribution in [0.1, 0.15) is 5.56 Å². The molecule has 8 nitrogen and oxygen atoms in total. The monoisotopic (exact) mass is 521 g/mol. The molecule has 0 aromatic heterocycles. The molecule has 0 radical (unpaired) electrons. The van der Waals surface area contributed by atoms with Crippen LogP contribution >= 0.6 is 39.1 Å². The molecule has 29 heavy (non-hydrogen) atoms. The number of amides is 1. The van der Waals surface area contributed by atoms with Crippen molar-refractivity contribution < 1.29 is 22.7 Å². The molecule has 0 unspecified atom stereocenters. The molecule has 0 saturated heterocycles. The number of hydrogen-bond acceptors (Lipinski definition) is 6. The molecule has 3 rings (SSSR count). The minimum Gasteiger partial charge on any atom is -0.454 e. The van der Waals surface area contributed by atoms with Gasteiger partial charge in [0, 0.05) is 10.0 Å². The molecule has 1 amide bonds. The van der Waals surface area contributed by atoms with Crippen molar-refractivity contribution in [3.63, 3.8) is 0 Å². The highest BCUT2D eigenvalue weighted by molar-refractivity contribution is 9.10. The second kappa shape index (κ2) is 8.78. The molecule has 0 bridgehead atoms. The first-order valence-corrected chi connectivity index (χ1v) is 11.4. The number of nitrogens with one attached hydrogen (secondary N) is 1. The number of fused-ring (bicyclic) bond motifs is 1. The average molecular weight is 523 g/mol. The van der Waals surface area contributed by atoms with E-state index in [0.29, 0.717) is 21.5 Å². The van der Waals surface area contributed by atoms with Crippen molar-refractivity contribution in [1.29, 1.82) is 0 Å². The predicted octanol–water partition coefficient (Wildman–Crippen LogP) is 3.40. The standard InChI is InChI=1S/C17H14BrCl2N3O5S/c1-29(25,26)23(13-4-2-3-12(19)17(13)20)8-16(24)22-21-7-10-5-14-15(6-11(10)18)28-9-27-14/h2-7H,8-9H2,1H3,(H,22,24)/b21-7-. The van der Waals surface area contributed by atoms with Crippen LogP contribution in [0.15, 0.2) is 39.9 Å². The topological polar surface area (TPSA) is 97.3 Å². The van der Waals surface area contributed by atoms with Gasteiger partial charge in [0.15, 0.2) is 11.5 Å². The lowest BCUT2D eigenvalue weighted by Gasteiger charge is -2.22. The van der Waals surface area contributed by atoms with Crippen molar-refractivity contribution >= 4 is 67.0 Å². The summed E-state index contributed by atoms with van der Waals surface area (Å²) in [5.74, 6) is 0.486. The van der Waals surface area contributed by atoms with Gasteiger partial charge >= 0.3 is 0 Å². The van der Waals surface area contributed by atoms with Crippen molar-refractivity contribution in [2.45, 2.75) is 0 Å². The van der Waals surface area contributed by atoms with Gasteiger partial charge in [0.1, 0.15) is 6.54 Å². The molecule has 0 atom stereocenters. The molecular weight excluding hydrogens is 509 g/mol. The van der Waals surface area contributed by atoms with Crippen LogP contribution in [0, 0.1) is 0 Å². The van der Waals surface area contributed by atoms with Crippen molar-refractivity contribution in [3.8, 4) is 11.5 Å². The quantitative estimate of drug-likeness (QED) is 0.463. The maximum absolute atomic E-state index is 12.3. The highest BCUT2D eigenvalue weighted by atomic mass is 79.9. The molecule has 0 saturated carbocycles. The fourth-order valence-electron chi connectivity index (χ4n) is 2.44. The van der Waals surface area contributed by atoms with Gasteiger partial charge in [-0.3, -0.25) is 9.10 Å². The number of halogens is 3. The lowest BCUT2D eigenvalue weighted by atomic mass is 10.2. The van der Waals surface area contributed by atoms with E-state index >= 15 is 0 Å². The van der Waals surface area contributed by atoms with Gasteiger partial charge < -0.3 is 9.47 Å². The second-order valence-electron chi connectivity index (χ2n) is 5.86. The summed E-state index contributed by atoms with van der Waals surface area (Å²) in [5.41, 5.74) is 3.02. The lowest BCUT2D eigenvalue weighted by Crippen LogP contribution is -2.39. The highest BCUT2D eigenvalue weighted by Gasteiger charge is 2.24. The zero-order valence-electron chi connectivity index (χ0n) is 14.9. The number of rotatable bonds is 6. The van der Waals surface area contributed by atoms with E-state index in [1.54, 1.807) is 12.1 Å². The van der Waals surface area contributed by atoms with Gasteiger partial charge in [-0.2, -0.15) is 5.10 Å². The summed E-state index contributed by atoms with van der Waals surface area (Å²) in [7, 11) is -3.80. The number of hydrazone groups is 1. The van der Waals surface area contributed by atoms with Gasteiger partial charge in [0.2, 0.25) is 16.8 Å². The van der Waals surface area contributed by atoms with E-state index in [1.807, 2.05) is 0 Å². The molecule has 0 fully saturated rings. The van der Waals surface area contributed by atoms with E-state index in [1.165, 1.54) is 24.4 Å². The van der Waals surface area contributed by atoms with Crippen LogP contribution in [0.2, 0.25) is 10.0 Å². The molecule has 1 N–H and O–H groups in total. The van der Waals surface area contributed by atoms with Crippen molar-refractivity contribution in [2.24, 2.45) is 5.10 Å². The van der Waals surface area contributed by atoms with Crippen LogP contribution in [0.25, 0.3) is 0 Å². The van der Waals surface area contributed by atoms with Crippen LogP contribution in [0.4, 0.5) is 5.69 Å². The number of nitrogens with zero attached hydrogens (tertiary/aromatic N) is 2. The first-order chi connectivity index (χ1) is 13.7. The van der Waals surface area contributed by atoms with Gasteiger partial charge in [0.05, 0.1) is 28.2 Å². The Morgan fingerprint density at radius 1 is 1.31 bits per heavy atom. The first-order valence-electron chi connectivity index (χ1n) is 7.99. The normalized spacial score (nSPS) is 13.0. The Morgan fingerprint density at radius 3 is 2.69 bits per heavy atom. The summed E-state index contributed by atoms with van der Waals surface area (Å²) in [4.78, 5) is 12.3. The fourth-order valence-corrected chi connectivity index (χ4v) is 4.17. The maximum atomic E-state index is 12.3. The van der Waals surface area contributed by atoms with E-state index in [9.17, 15) is 13.2 Å². The average Bonchev–Trinajstić information content (AvgIpc) is 3.08. The van der Waals surface area contributed by atoms with Crippen molar-refractivity contribution in [3.05, 3.63) is 50.4 Å². The number of benzene rings is 2. The molecule has 154 valence electrons. The van der Waals surface area contributed by atoms with Crippen LogP contribution in [-0.2, 0) is 14.8 Å². The largest absolute Gasteiger partial charge is 0.454 e. The number of ether oxygens (including phenoxy) is 2. The van der Waals surface area contributed by atoms with E-state index in [0.717, 1.165) is 10.6 Å². The zero-order valence-corrected chi connectivity index (χ0v) is 18.8. The molecule has 0 aliphatic carbocycles. The SMILES string of the molecule is CS(=O)(=O)N(CC(=O)N/N=C\c1cc2c(cc1Br)OCO2)c1cccc(Cl)c1Cl. The molecule has 2 aromatic rings. The van der Waals surface area contributed by atoms with Crippen LogP contribution < -0.4 is 19.2 Å². The van der Waals surface area contributed by atoms with E-state index < -0.39 is 22.5 Å². The minimum atomic E-state index is -3.80. The van der Waals surface area contributed by atoms with E-state index in [-0.39, 0.29) is 22.5 Å². The number of carbonyl (C=O) groups is 1. The Morgan fingerprint density at radius 2 is 2.00 bits per heavy atom. The summed E-state index contributed by atoms with van der Waals surface area (Å²) in [6, 6.07) is 7.92. The molecule has 1 aliphatic rings. The van der Waals surface area contributed by atoms with Gasteiger partial charge in [-0.05, 0) is 40.2 Å². The van der Waals surface area contributed by atoms with Crippen LogP contribution in [0.3, 0.4) is 0 Å². The number of carbonyl (C=O) groups excluding carboxylic acids is 1. The Bertz CT molecular complexity index is 1090. The summed E-state index contributed by atoms with van der Waals surface area (Å²) in [6.45, 7) is -0.398. The number of anilines is 1. The Hall–Kier alpha value is -2.01. The second-order valence-corrected chi connectivity index (χ2v) is 9.41. The maximum Gasteiger partial charge on any atom is 0.260 e. The summed E-state index contributed by atoms with van der Waals surface area (Å²) >= 11 is 15.4. The third kappa shape index (κ3) is 5.13.